The molecule has 2 N–H and O–H groups in total. The Morgan fingerprint density at radius 2 is 1.78 bits per heavy atom. The zero-order valence-corrected chi connectivity index (χ0v) is 18.6. The summed E-state index contributed by atoms with van der Waals surface area (Å²) in [4.78, 5) is 28.6. The van der Waals surface area contributed by atoms with Crippen molar-refractivity contribution in [2.45, 2.75) is 26.8 Å². The van der Waals surface area contributed by atoms with Gasteiger partial charge in [-0.2, -0.15) is 5.10 Å². The van der Waals surface area contributed by atoms with Gasteiger partial charge in [0.2, 0.25) is 5.91 Å². The second kappa shape index (κ2) is 9.57. The van der Waals surface area contributed by atoms with E-state index in [9.17, 15) is 9.59 Å². The smallest absolute Gasteiger partial charge is 0.260 e. The molecule has 32 heavy (non-hydrogen) atoms. The second-order valence-electron chi connectivity index (χ2n) is 7.25. The minimum Gasteiger partial charge on any atom is -0.326 e. The monoisotopic (exact) mass is 445 g/mol. The molecule has 0 fully saturated rings. The summed E-state index contributed by atoms with van der Waals surface area (Å²) < 4.78 is 1.87. The molecular formula is C24H23N5O2S. The number of benzene rings is 2. The fourth-order valence-corrected chi connectivity index (χ4v) is 4.14. The molecule has 0 radical (unpaired) electrons. The van der Waals surface area contributed by atoms with Gasteiger partial charge in [-0.15, -0.1) is 11.3 Å². The maximum absolute atomic E-state index is 12.9. The molecule has 4 aromatic rings. The summed E-state index contributed by atoms with van der Waals surface area (Å²) in [5.74, 6) is -0.335. The fraction of sp³-hybridized carbons (Fsp3) is 0.167. The van der Waals surface area contributed by atoms with Crippen molar-refractivity contribution in [1.29, 1.82) is 0 Å². The molecule has 2 amide bonds. The molecule has 0 aliphatic rings. The van der Waals surface area contributed by atoms with Crippen molar-refractivity contribution in [1.82, 2.24) is 14.8 Å². The van der Waals surface area contributed by atoms with E-state index in [1.54, 1.807) is 6.20 Å². The highest BCUT2D eigenvalue weighted by molar-refractivity contribution is 7.14. The van der Waals surface area contributed by atoms with Gasteiger partial charge in [-0.3, -0.25) is 19.6 Å². The Kier molecular flexibility index (Phi) is 6.42. The summed E-state index contributed by atoms with van der Waals surface area (Å²) in [6, 6.07) is 17.5. The van der Waals surface area contributed by atoms with Gasteiger partial charge in [0.15, 0.2) is 5.13 Å². The van der Waals surface area contributed by atoms with Crippen LogP contribution in [0.4, 0.5) is 10.8 Å². The minimum absolute atomic E-state index is 0.116. The zero-order valence-electron chi connectivity index (χ0n) is 17.8. The summed E-state index contributed by atoms with van der Waals surface area (Å²) in [5, 5.41) is 12.5. The van der Waals surface area contributed by atoms with Gasteiger partial charge in [0.1, 0.15) is 0 Å². The number of hydrogen-bond donors (Lipinski definition) is 2. The first-order valence-corrected chi connectivity index (χ1v) is 11.1. The van der Waals surface area contributed by atoms with Crippen LogP contribution in [0, 0.1) is 0 Å². The first-order valence-electron chi connectivity index (χ1n) is 10.3. The van der Waals surface area contributed by atoms with Crippen LogP contribution in [0.25, 0.3) is 11.3 Å². The molecule has 0 aliphatic heterocycles. The highest BCUT2D eigenvalue weighted by Crippen LogP contribution is 2.26. The summed E-state index contributed by atoms with van der Waals surface area (Å²) in [6.07, 6.45) is 2.31. The first kappa shape index (κ1) is 21.5. The lowest BCUT2D eigenvalue weighted by Gasteiger charge is -2.08. The van der Waals surface area contributed by atoms with Gasteiger partial charge in [-0.1, -0.05) is 49.4 Å². The normalized spacial score (nSPS) is 10.7. The van der Waals surface area contributed by atoms with Crippen molar-refractivity contribution < 1.29 is 9.59 Å². The van der Waals surface area contributed by atoms with Crippen molar-refractivity contribution >= 4 is 34.0 Å². The van der Waals surface area contributed by atoms with Gasteiger partial charge in [-0.05, 0) is 24.1 Å². The van der Waals surface area contributed by atoms with Crippen LogP contribution in [0.5, 0.6) is 0 Å². The van der Waals surface area contributed by atoms with Gasteiger partial charge in [0.05, 0.1) is 29.7 Å². The topological polar surface area (TPSA) is 88.9 Å². The molecule has 0 saturated heterocycles. The number of rotatable bonds is 7. The van der Waals surface area contributed by atoms with E-state index >= 15 is 0 Å². The van der Waals surface area contributed by atoms with Crippen molar-refractivity contribution in [3.63, 3.8) is 0 Å². The molecule has 0 atom stereocenters. The van der Waals surface area contributed by atoms with Crippen molar-refractivity contribution in [3.8, 4) is 11.3 Å². The first-order chi connectivity index (χ1) is 15.5. The Morgan fingerprint density at radius 3 is 2.47 bits per heavy atom. The van der Waals surface area contributed by atoms with Gasteiger partial charge in [-0.25, -0.2) is 4.98 Å². The standard InChI is InChI=1S/C24H23N5O2S/c1-3-22-20(13-25-29(22)14-17-7-5-4-6-8-17)23(31)28-24-27-21(15-32-24)18-9-11-19(12-10-18)26-16(2)30/h4-13,15H,3,14H2,1-2H3,(H,26,30)(H,27,28,31). The van der Waals surface area contributed by atoms with Crippen LogP contribution in [-0.2, 0) is 17.8 Å². The maximum Gasteiger partial charge on any atom is 0.260 e. The van der Waals surface area contributed by atoms with E-state index in [-0.39, 0.29) is 11.8 Å². The minimum atomic E-state index is -0.219. The van der Waals surface area contributed by atoms with Crippen LogP contribution >= 0.6 is 11.3 Å². The van der Waals surface area contributed by atoms with Crippen molar-refractivity contribution in [2.24, 2.45) is 0 Å². The quantitative estimate of drug-likeness (QED) is 0.426. The lowest BCUT2D eigenvalue weighted by Crippen LogP contribution is -2.15. The molecule has 0 unspecified atom stereocenters. The lowest BCUT2D eigenvalue weighted by molar-refractivity contribution is -0.114. The number of anilines is 2. The van der Waals surface area contributed by atoms with Crippen LogP contribution < -0.4 is 10.6 Å². The highest BCUT2D eigenvalue weighted by atomic mass is 32.1. The number of thiazole rings is 1. The third kappa shape index (κ3) is 4.92. The van der Waals surface area contributed by atoms with Crippen LogP contribution in [0.1, 0.15) is 35.5 Å². The lowest BCUT2D eigenvalue weighted by atomic mass is 10.1. The van der Waals surface area contributed by atoms with E-state index < -0.39 is 0 Å². The molecule has 8 heteroatoms. The van der Waals surface area contributed by atoms with Gasteiger partial charge in [0, 0.05) is 23.6 Å². The largest absolute Gasteiger partial charge is 0.326 e. The van der Waals surface area contributed by atoms with E-state index in [0.29, 0.717) is 23.7 Å². The molecule has 7 nitrogen and oxygen atoms in total. The van der Waals surface area contributed by atoms with Crippen LogP contribution in [0.2, 0.25) is 0 Å². The Balaban J connectivity index is 1.47. The Morgan fingerprint density at radius 1 is 1.03 bits per heavy atom. The predicted molar refractivity (Wildman–Crippen MR) is 127 cm³/mol. The van der Waals surface area contributed by atoms with Crippen LogP contribution in [0.3, 0.4) is 0 Å². The molecule has 2 aromatic heterocycles. The summed E-state index contributed by atoms with van der Waals surface area (Å²) in [6.45, 7) is 4.10. The molecule has 2 aromatic carbocycles. The third-order valence-electron chi connectivity index (χ3n) is 4.93. The van der Waals surface area contributed by atoms with Crippen LogP contribution in [-0.4, -0.2) is 26.6 Å². The highest BCUT2D eigenvalue weighted by Gasteiger charge is 2.18. The Labute approximate surface area is 190 Å². The third-order valence-corrected chi connectivity index (χ3v) is 5.69. The fourth-order valence-electron chi connectivity index (χ4n) is 3.42. The van der Waals surface area contributed by atoms with Crippen LogP contribution in [0.15, 0.2) is 66.2 Å². The maximum atomic E-state index is 12.9. The molecule has 0 bridgehead atoms. The number of carbonyl (C=O) groups excluding carboxylic acids is 2. The van der Waals surface area contributed by atoms with Crippen molar-refractivity contribution in [2.75, 3.05) is 10.6 Å². The van der Waals surface area contributed by atoms with Crippen molar-refractivity contribution in [3.05, 3.63) is 83.0 Å². The molecule has 0 saturated carbocycles. The van der Waals surface area contributed by atoms with Gasteiger partial charge >= 0.3 is 0 Å². The SMILES string of the molecule is CCc1c(C(=O)Nc2nc(-c3ccc(NC(C)=O)cc3)cs2)cnn1Cc1ccccc1. The average molecular weight is 446 g/mol. The molecule has 2 heterocycles. The number of nitrogens with one attached hydrogen (secondary N) is 2. The number of carbonyl (C=O) groups is 2. The second-order valence-corrected chi connectivity index (χ2v) is 8.11. The van der Waals surface area contributed by atoms with E-state index in [1.807, 2.05) is 71.6 Å². The van der Waals surface area contributed by atoms with Gasteiger partial charge in [0.25, 0.3) is 5.91 Å². The summed E-state index contributed by atoms with van der Waals surface area (Å²) in [7, 11) is 0. The molecule has 162 valence electrons. The number of aromatic nitrogens is 3. The van der Waals surface area contributed by atoms with E-state index in [1.165, 1.54) is 18.3 Å². The Bertz CT molecular complexity index is 1230. The molecule has 0 aliphatic carbocycles. The number of nitrogens with zero attached hydrogens (tertiary/aromatic N) is 3. The van der Waals surface area contributed by atoms with E-state index in [0.717, 1.165) is 28.2 Å². The predicted octanol–water partition coefficient (Wildman–Crippen LogP) is 4.83. The summed E-state index contributed by atoms with van der Waals surface area (Å²) in [5.41, 5.74) is 4.96. The zero-order chi connectivity index (χ0) is 22.5. The van der Waals surface area contributed by atoms with Gasteiger partial charge < -0.3 is 5.32 Å². The van der Waals surface area contributed by atoms with E-state index in [2.05, 4.69) is 20.7 Å². The average Bonchev–Trinajstić information content (AvgIpc) is 3.41. The molecule has 4 rings (SSSR count). The van der Waals surface area contributed by atoms with E-state index in [4.69, 9.17) is 0 Å². The number of hydrogen-bond acceptors (Lipinski definition) is 5. The molecular weight excluding hydrogens is 422 g/mol. The molecule has 0 spiro atoms. The number of amides is 2. The summed E-state index contributed by atoms with van der Waals surface area (Å²) >= 11 is 1.37. The Hall–Kier alpha value is -3.78.